The van der Waals surface area contributed by atoms with E-state index in [1.54, 1.807) is 4.90 Å². The van der Waals surface area contributed by atoms with Crippen LogP contribution in [0.4, 0.5) is 11.4 Å². The lowest BCUT2D eigenvalue weighted by Crippen LogP contribution is -2.48. The maximum Gasteiger partial charge on any atom is 0.292 e. The van der Waals surface area contributed by atoms with Gasteiger partial charge < -0.3 is 4.90 Å². The van der Waals surface area contributed by atoms with Gasteiger partial charge in [-0.05, 0) is 30.3 Å². The molecular weight excluding hydrogens is 427 g/mol. The predicted molar refractivity (Wildman–Crippen MR) is 105 cm³/mol. The largest absolute Gasteiger partial charge is 0.363 e. The van der Waals surface area contributed by atoms with Gasteiger partial charge in [0.2, 0.25) is 10.0 Å². The van der Waals surface area contributed by atoms with Crippen LogP contribution in [0.5, 0.6) is 0 Å². The molecule has 0 atom stereocenters. The molecular formula is C17H14Cl2N4O4S. The highest BCUT2D eigenvalue weighted by atomic mass is 35.5. The number of nitro groups is 1. The fraction of sp³-hybridized carbons (Fsp3) is 0.235. The first-order valence-electron chi connectivity index (χ1n) is 8.12. The molecule has 0 radical (unpaired) electrons. The SMILES string of the molecule is N#Cc1ccc([N+](=O)[O-])c(N2CCN(S(=O)(=O)c3cc(Cl)ccc3Cl)CC2)c1. The van der Waals surface area contributed by atoms with E-state index < -0.39 is 14.9 Å². The number of nitro benzene ring substituents is 1. The summed E-state index contributed by atoms with van der Waals surface area (Å²) in [4.78, 5) is 12.4. The van der Waals surface area contributed by atoms with Gasteiger partial charge in [-0.25, -0.2) is 8.42 Å². The summed E-state index contributed by atoms with van der Waals surface area (Å²) in [5.41, 5.74) is 0.455. The van der Waals surface area contributed by atoms with Crippen LogP contribution in [0.15, 0.2) is 41.3 Å². The first-order valence-corrected chi connectivity index (χ1v) is 10.3. The summed E-state index contributed by atoms with van der Waals surface area (Å²) >= 11 is 11.9. The van der Waals surface area contributed by atoms with Crippen LogP contribution >= 0.6 is 23.2 Å². The van der Waals surface area contributed by atoms with Crippen molar-refractivity contribution in [2.45, 2.75) is 4.90 Å². The van der Waals surface area contributed by atoms with Crippen LogP contribution in [0, 0.1) is 21.4 Å². The zero-order valence-corrected chi connectivity index (χ0v) is 16.7. The van der Waals surface area contributed by atoms with Crippen molar-refractivity contribution in [2.75, 3.05) is 31.1 Å². The summed E-state index contributed by atoms with van der Waals surface area (Å²) < 4.78 is 27.0. The van der Waals surface area contributed by atoms with E-state index >= 15 is 0 Å². The summed E-state index contributed by atoms with van der Waals surface area (Å²) in [6, 6.07) is 10.3. The number of rotatable bonds is 4. The molecule has 1 saturated heterocycles. The second-order valence-electron chi connectivity index (χ2n) is 6.04. The molecule has 11 heteroatoms. The van der Waals surface area contributed by atoms with Gasteiger partial charge in [0.1, 0.15) is 10.6 Å². The summed E-state index contributed by atoms with van der Waals surface area (Å²) in [5.74, 6) is 0. The number of hydrogen-bond acceptors (Lipinski definition) is 6. The Balaban J connectivity index is 1.85. The fourth-order valence-electron chi connectivity index (χ4n) is 2.98. The second-order valence-corrected chi connectivity index (χ2v) is 8.79. The lowest BCUT2D eigenvalue weighted by molar-refractivity contribution is -0.384. The molecule has 0 amide bonds. The molecule has 0 saturated carbocycles. The first kappa shape index (κ1) is 20.4. The molecule has 1 aliphatic rings. The Bertz CT molecular complexity index is 1080. The molecule has 0 aromatic heterocycles. The van der Waals surface area contributed by atoms with Crippen LogP contribution < -0.4 is 4.90 Å². The van der Waals surface area contributed by atoms with Gasteiger partial charge in [0, 0.05) is 37.3 Å². The highest BCUT2D eigenvalue weighted by Gasteiger charge is 2.32. The van der Waals surface area contributed by atoms with E-state index in [0.29, 0.717) is 11.3 Å². The molecule has 146 valence electrons. The highest BCUT2D eigenvalue weighted by Crippen LogP contribution is 2.32. The lowest BCUT2D eigenvalue weighted by Gasteiger charge is -2.35. The molecule has 1 fully saturated rings. The fourth-order valence-corrected chi connectivity index (χ4v) is 5.14. The van der Waals surface area contributed by atoms with Crippen LogP contribution in [0.1, 0.15) is 5.56 Å². The molecule has 3 rings (SSSR count). The molecule has 0 aliphatic carbocycles. The molecule has 0 spiro atoms. The zero-order chi connectivity index (χ0) is 20.5. The van der Waals surface area contributed by atoms with Crippen LogP contribution in [-0.4, -0.2) is 43.8 Å². The Morgan fingerprint density at radius 1 is 1.07 bits per heavy atom. The Hall–Kier alpha value is -2.38. The van der Waals surface area contributed by atoms with E-state index in [1.165, 1.54) is 40.7 Å². The van der Waals surface area contributed by atoms with Crippen molar-refractivity contribution in [3.05, 3.63) is 62.1 Å². The Morgan fingerprint density at radius 2 is 1.75 bits per heavy atom. The quantitative estimate of drug-likeness (QED) is 0.532. The molecule has 2 aromatic carbocycles. The number of piperazine rings is 1. The van der Waals surface area contributed by atoms with E-state index in [-0.39, 0.29) is 46.8 Å². The molecule has 2 aromatic rings. The standard InChI is InChI=1S/C17H14Cl2N4O4S/c18-13-2-3-14(19)17(10-13)28(26,27)22-7-5-21(6-8-22)16-9-12(11-20)1-4-15(16)23(24)25/h1-4,9-10H,5-8H2. The van der Waals surface area contributed by atoms with Crippen LogP contribution in [0.3, 0.4) is 0 Å². The first-order chi connectivity index (χ1) is 13.2. The van der Waals surface area contributed by atoms with E-state index in [1.807, 2.05) is 6.07 Å². The smallest absolute Gasteiger partial charge is 0.292 e. The number of benzene rings is 2. The maximum atomic E-state index is 12.9. The second kappa shape index (κ2) is 7.93. The van der Waals surface area contributed by atoms with Gasteiger partial charge in [0.25, 0.3) is 5.69 Å². The summed E-state index contributed by atoms with van der Waals surface area (Å²) in [5, 5.41) is 20.7. The minimum atomic E-state index is -3.86. The van der Waals surface area contributed by atoms with Gasteiger partial charge in [-0.15, -0.1) is 0 Å². The Morgan fingerprint density at radius 3 is 2.36 bits per heavy atom. The maximum absolute atomic E-state index is 12.9. The minimum Gasteiger partial charge on any atom is -0.363 e. The number of nitriles is 1. The van der Waals surface area contributed by atoms with Crippen molar-refractivity contribution >= 4 is 44.6 Å². The van der Waals surface area contributed by atoms with Crippen molar-refractivity contribution in [1.29, 1.82) is 5.26 Å². The minimum absolute atomic E-state index is 0.0733. The predicted octanol–water partition coefficient (Wildman–Crippen LogP) is 3.28. The normalized spacial score (nSPS) is 15.2. The van der Waals surface area contributed by atoms with Crippen molar-refractivity contribution in [3.63, 3.8) is 0 Å². The third kappa shape index (κ3) is 3.91. The van der Waals surface area contributed by atoms with E-state index in [9.17, 15) is 18.5 Å². The van der Waals surface area contributed by atoms with E-state index in [4.69, 9.17) is 28.5 Å². The van der Waals surface area contributed by atoms with Gasteiger partial charge in [-0.1, -0.05) is 23.2 Å². The van der Waals surface area contributed by atoms with E-state index in [0.717, 1.165) is 0 Å². The number of nitrogens with zero attached hydrogens (tertiary/aromatic N) is 4. The van der Waals surface area contributed by atoms with Gasteiger partial charge >= 0.3 is 0 Å². The summed E-state index contributed by atoms with van der Waals surface area (Å²) in [6.07, 6.45) is 0. The molecule has 0 N–H and O–H groups in total. The molecule has 28 heavy (non-hydrogen) atoms. The molecule has 0 bridgehead atoms. The molecule has 1 heterocycles. The number of sulfonamides is 1. The average molecular weight is 441 g/mol. The Kier molecular flexibility index (Phi) is 5.76. The third-order valence-electron chi connectivity index (χ3n) is 4.39. The lowest BCUT2D eigenvalue weighted by atomic mass is 10.1. The van der Waals surface area contributed by atoms with Crippen molar-refractivity contribution in [2.24, 2.45) is 0 Å². The summed E-state index contributed by atoms with van der Waals surface area (Å²) in [6.45, 7) is 0.679. The Labute approximate surface area is 171 Å². The van der Waals surface area contributed by atoms with Crippen molar-refractivity contribution < 1.29 is 13.3 Å². The van der Waals surface area contributed by atoms with Gasteiger partial charge in [0.15, 0.2) is 0 Å². The third-order valence-corrected chi connectivity index (χ3v) is 7.01. The van der Waals surface area contributed by atoms with Crippen molar-refractivity contribution in [1.82, 2.24) is 4.31 Å². The topological polar surface area (TPSA) is 108 Å². The highest BCUT2D eigenvalue weighted by molar-refractivity contribution is 7.89. The van der Waals surface area contributed by atoms with Crippen LogP contribution in [0.2, 0.25) is 10.0 Å². The van der Waals surface area contributed by atoms with Crippen LogP contribution in [-0.2, 0) is 10.0 Å². The molecule has 1 aliphatic heterocycles. The van der Waals surface area contributed by atoms with Crippen LogP contribution in [0.25, 0.3) is 0 Å². The van der Waals surface area contributed by atoms with E-state index in [2.05, 4.69) is 0 Å². The molecule has 8 nitrogen and oxygen atoms in total. The van der Waals surface area contributed by atoms with Gasteiger partial charge in [0.05, 0.1) is 21.6 Å². The number of halogens is 2. The summed E-state index contributed by atoms with van der Waals surface area (Å²) in [7, 11) is -3.86. The van der Waals surface area contributed by atoms with Gasteiger partial charge in [-0.2, -0.15) is 9.57 Å². The molecule has 0 unspecified atom stereocenters. The number of hydrogen-bond donors (Lipinski definition) is 0. The zero-order valence-electron chi connectivity index (χ0n) is 14.4. The number of anilines is 1. The van der Waals surface area contributed by atoms with Crippen molar-refractivity contribution in [3.8, 4) is 6.07 Å². The monoisotopic (exact) mass is 440 g/mol. The van der Waals surface area contributed by atoms with Gasteiger partial charge in [-0.3, -0.25) is 10.1 Å². The average Bonchev–Trinajstić information content (AvgIpc) is 2.69.